The number of rotatable bonds is 4. The predicted molar refractivity (Wildman–Crippen MR) is 207 cm³/mol. The largest absolute Gasteiger partial charge is 0.234 e. The van der Waals surface area contributed by atoms with E-state index in [-0.39, 0.29) is 5.41 Å². The summed E-state index contributed by atoms with van der Waals surface area (Å²) < 4.78 is 3.74. The van der Waals surface area contributed by atoms with Crippen LogP contribution in [0.4, 0.5) is 11.4 Å². The van der Waals surface area contributed by atoms with Crippen LogP contribution in [0.15, 0.2) is 98.4 Å². The first-order valence-corrected chi connectivity index (χ1v) is 18.4. The lowest BCUT2D eigenvalue weighted by atomic mass is 9.66. The van der Waals surface area contributed by atoms with Crippen LogP contribution >= 0.6 is 101 Å². The first-order chi connectivity index (χ1) is 21.9. The topological polar surface area (TPSA) is 18.6 Å². The second-order valence-corrected chi connectivity index (χ2v) is 17.6. The van der Waals surface area contributed by atoms with E-state index in [2.05, 4.69) is 103 Å². The maximum atomic E-state index is 7.01. The van der Waals surface area contributed by atoms with E-state index in [1.54, 1.807) is 29.3 Å². The van der Waals surface area contributed by atoms with Crippen LogP contribution < -0.4 is 5.01 Å². The molecule has 0 aliphatic carbocycles. The van der Waals surface area contributed by atoms with Crippen LogP contribution in [0, 0.1) is 10.8 Å². The fourth-order valence-electron chi connectivity index (χ4n) is 5.92. The van der Waals surface area contributed by atoms with Gasteiger partial charge in [0.1, 0.15) is 0 Å². The molecule has 0 bridgehead atoms. The molecular weight excluding hydrogens is 847 g/mol. The van der Waals surface area contributed by atoms with Crippen molar-refractivity contribution in [2.75, 3.05) is 5.01 Å². The molecule has 47 heavy (non-hydrogen) atoms. The average molecular weight is 877 g/mol. The Morgan fingerprint density at radius 1 is 0.702 bits per heavy atom. The molecule has 0 amide bonds. The van der Waals surface area contributed by atoms with E-state index in [9.17, 15) is 0 Å². The van der Waals surface area contributed by atoms with Crippen molar-refractivity contribution >= 4 is 118 Å². The monoisotopic (exact) mass is 872 g/mol. The van der Waals surface area contributed by atoms with Crippen LogP contribution in [-0.2, 0) is 5.54 Å². The summed E-state index contributed by atoms with van der Waals surface area (Å²) in [6.45, 7) is 12.9. The molecule has 4 aromatic carbocycles. The van der Waals surface area contributed by atoms with Gasteiger partial charge in [0.25, 0.3) is 0 Å². The van der Waals surface area contributed by atoms with E-state index in [1.807, 2.05) is 29.0 Å². The highest BCUT2D eigenvalue weighted by molar-refractivity contribution is 9.10. The van der Waals surface area contributed by atoms with E-state index < -0.39 is 11.0 Å². The summed E-state index contributed by atoms with van der Waals surface area (Å²) in [5.41, 5.74) is 6.17. The molecule has 0 radical (unpaired) electrons. The highest BCUT2D eigenvalue weighted by Gasteiger charge is 2.65. The molecule has 1 atom stereocenters. The van der Waals surface area contributed by atoms with E-state index in [0.29, 0.717) is 47.2 Å². The predicted octanol–water partition coefficient (Wildman–Crippen LogP) is 15.2. The number of nitrogens with zero attached hydrogens (tertiary/aromatic N) is 3. The van der Waals surface area contributed by atoms with Gasteiger partial charge in [-0.05, 0) is 59.5 Å². The maximum Gasteiger partial charge on any atom is 0.234 e. The molecule has 5 rings (SSSR count). The van der Waals surface area contributed by atoms with Gasteiger partial charge in [-0.15, -0.1) is 4.70 Å². The van der Waals surface area contributed by atoms with Crippen LogP contribution in [0.2, 0.25) is 30.1 Å². The minimum Gasteiger partial charge on any atom is -0.110 e. The van der Waals surface area contributed by atoms with Gasteiger partial charge in [0.15, 0.2) is 11.4 Å². The van der Waals surface area contributed by atoms with Gasteiger partial charge >= 0.3 is 0 Å². The van der Waals surface area contributed by atoms with Gasteiger partial charge in [-0.3, -0.25) is 0 Å². The maximum absolute atomic E-state index is 7.01. The van der Waals surface area contributed by atoms with Crippen molar-refractivity contribution in [2.45, 2.75) is 47.1 Å². The fraction of sp³-hybridized carbons (Fsp3) is 0.250. The Morgan fingerprint density at radius 3 is 1.60 bits per heavy atom. The third kappa shape index (κ3) is 6.96. The Bertz CT molecular complexity index is 1920. The number of benzene rings is 4. The quantitative estimate of drug-likeness (QED) is 0.148. The molecule has 0 fully saturated rings. The standard InChI is InChI=1S/C36H30Br2Cl6N3/c1-34(2,3)26(20-7-11-22(37)12-8-20)19-31-36(35(4,5)6,21-9-13-23(38)14-10-21)47(33-29(43)17-25(40)18-30(33)44)45-46(31)32-27(41)15-24(39)16-28(32)42/h7-18H,1-6H3/q+1. The van der Waals surface area contributed by atoms with Gasteiger partial charge in [-0.1, -0.05) is 178 Å². The van der Waals surface area contributed by atoms with E-state index >= 15 is 0 Å². The van der Waals surface area contributed by atoms with E-state index in [1.165, 1.54) is 0 Å². The highest BCUT2D eigenvalue weighted by Crippen LogP contribution is 2.59. The Hall–Kier alpha value is -1.50. The number of hydrogen-bond donors (Lipinski definition) is 0. The zero-order valence-electron chi connectivity index (χ0n) is 26.3. The van der Waals surface area contributed by atoms with Gasteiger partial charge < -0.3 is 0 Å². The summed E-state index contributed by atoms with van der Waals surface area (Å²) in [5.74, 6) is 0. The lowest BCUT2D eigenvalue weighted by Gasteiger charge is -2.39. The highest BCUT2D eigenvalue weighted by atomic mass is 79.9. The number of halogens is 8. The lowest BCUT2D eigenvalue weighted by Crippen LogP contribution is -2.48. The summed E-state index contributed by atoms with van der Waals surface area (Å²) in [6.07, 6.45) is 0. The molecule has 0 saturated carbocycles. The lowest BCUT2D eigenvalue weighted by molar-refractivity contribution is -0.600. The number of anilines is 1. The fourth-order valence-corrected chi connectivity index (χ4v) is 8.41. The van der Waals surface area contributed by atoms with E-state index in [0.717, 1.165) is 25.6 Å². The van der Waals surface area contributed by atoms with Crippen LogP contribution in [0.25, 0.3) is 5.57 Å². The molecule has 0 N–H and O–H groups in total. The van der Waals surface area contributed by atoms with Crippen molar-refractivity contribution in [3.05, 3.63) is 134 Å². The van der Waals surface area contributed by atoms with Crippen molar-refractivity contribution in [1.29, 1.82) is 0 Å². The minimum atomic E-state index is -1.10. The van der Waals surface area contributed by atoms with Gasteiger partial charge in [0.2, 0.25) is 11.2 Å². The smallest absolute Gasteiger partial charge is 0.110 e. The summed E-state index contributed by atoms with van der Waals surface area (Å²) >= 11 is 48.0. The minimum absolute atomic E-state index is 0.306. The zero-order valence-corrected chi connectivity index (χ0v) is 34.0. The SMILES string of the molecule is CC(C)(C)C(=C=C1N(c2c(Cl)cc(Cl)cc2Cl)N=[N+](c2c(Cl)cc(Cl)cc2Cl)C1(c1ccc(Br)cc1)C(C)(C)C)c1ccc(Br)cc1. The number of hydrogen-bond acceptors (Lipinski definition) is 2. The van der Waals surface area contributed by atoms with Crippen molar-refractivity contribution in [3.8, 4) is 0 Å². The van der Waals surface area contributed by atoms with Gasteiger partial charge in [0.05, 0.1) is 25.3 Å². The Kier molecular flexibility index (Phi) is 10.7. The van der Waals surface area contributed by atoms with Crippen molar-refractivity contribution in [2.24, 2.45) is 16.1 Å². The third-order valence-electron chi connectivity index (χ3n) is 7.91. The molecule has 1 aliphatic rings. The first kappa shape index (κ1) is 36.8. The molecule has 3 nitrogen and oxygen atoms in total. The molecular formula is C36H30Br2Cl6N3+. The zero-order chi connectivity index (χ0) is 34.6. The molecule has 1 aliphatic heterocycles. The van der Waals surface area contributed by atoms with Gasteiger partial charge in [0, 0.05) is 35.5 Å². The molecule has 244 valence electrons. The van der Waals surface area contributed by atoms with Gasteiger partial charge in [-0.2, -0.15) is 0 Å². The molecule has 1 unspecified atom stereocenters. The summed E-state index contributed by atoms with van der Waals surface area (Å²) in [4.78, 5) is 0. The second-order valence-electron chi connectivity index (χ2n) is 13.2. The third-order valence-corrected chi connectivity index (χ3v) is 10.6. The summed E-state index contributed by atoms with van der Waals surface area (Å²) in [5, 5.41) is 9.06. The molecule has 4 aromatic rings. The van der Waals surface area contributed by atoms with E-state index in [4.69, 9.17) is 74.8 Å². The molecule has 0 aromatic heterocycles. The molecule has 0 saturated heterocycles. The van der Waals surface area contributed by atoms with Crippen LogP contribution in [-0.4, -0.2) is 4.70 Å². The molecule has 0 spiro atoms. The Labute approximate surface area is 323 Å². The summed E-state index contributed by atoms with van der Waals surface area (Å²) in [7, 11) is 0. The van der Waals surface area contributed by atoms with Crippen molar-refractivity contribution < 1.29 is 4.70 Å². The second kappa shape index (κ2) is 13.7. The summed E-state index contributed by atoms with van der Waals surface area (Å²) in [6, 6.07) is 22.9. The van der Waals surface area contributed by atoms with Crippen molar-refractivity contribution in [1.82, 2.24) is 0 Å². The Balaban J connectivity index is 2.10. The van der Waals surface area contributed by atoms with Gasteiger partial charge in [-0.25, -0.2) is 0 Å². The first-order valence-electron chi connectivity index (χ1n) is 14.5. The van der Waals surface area contributed by atoms with Crippen LogP contribution in [0.1, 0.15) is 52.7 Å². The average Bonchev–Trinajstić information content (AvgIpc) is 3.26. The van der Waals surface area contributed by atoms with Crippen LogP contribution in [0.3, 0.4) is 0 Å². The van der Waals surface area contributed by atoms with Crippen LogP contribution in [0.5, 0.6) is 0 Å². The Morgan fingerprint density at radius 2 is 1.15 bits per heavy atom. The van der Waals surface area contributed by atoms with Crippen molar-refractivity contribution in [3.63, 3.8) is 0 Å². The normalized spacial score (nSPS) is 16.8. The molecule has 11 heteroatoms. The molecule has 1 heterocycles.